The maximum absolute atomic E-state index is 5.28. The van der Waals surface area contributed by atoms with Gasteiger partial charge >= 0.3 is 0 Å². The van der Waals surface area contributed by atoms with Crippen molar-refractivity contribution in [3.05, 3.63) is 94.9 Å². The first-order valence-corrected chi connectivity index (χ1v) is 29.3. The van der Waals surface area contributed by atoms with Crippen molar-refractivity contribution < 1.29 is 0 Å². The Morgan fingerprint density at radius 2 is 0.938 bits per heavy atom. The molecule has 0 spiro atoms. The van der Waals surface area contributed by atoms with Crippen LogP contribution in [0.5, 0.6) is 0 Å². The minimum atomic E-state index is -0.125. The molecule has 0 amide bonds. The SMILES string of the molecule is CCCCC(CC)CC1(CC(CC)CCCC)c2cc(-c3ncc(-c4ccc(-c5cccs5)s4)c4nsnc34)sc2-c2sc(-c3ncc(-c4ccc(-c5cccs5)s4)c4nsnc34)cc21. The molecular weight excluding hydrogens is 953 g/mol. The largest absolute Gasteiger partial charge is 0.252 e. The molecular formula is C51H48N6S8. The highest BCUT2D eigenvalue weighted by molar-refractivity contribution is 7.26. The van der Waals surface area contributed by atoms with Crippen LogP contribution in [0.2, 0.25) is 0 Å². The number of nitrogens with zero attached hydrogens (tertiary/aromatic N) is 6. The monoisotopic (exact) mass is 1000 g/mol. The van der Waals surface area contributed by atoms with Crippen molar-refractivity contribution >= 4 is 114 Å². The number of aromatic nitrogens is 6. The summed E-state index contributed by atoms with van der Waals surface area (Å²) >= 11 is 13.6. The predicted molar refractivity (Wildman–Crippen MR) is 286 cm³/mol. The number of pyridine rings is 2. The van der Waals surface area contributed by atoms with E-state index in [0.29, 0.717) is 11.8 Å². The van der Waals surface area contributed by atoms with Crippen molar-refractivity contribution in [2.45, 2.75) is 97.3 Å². The quantitative estimate of drug-likeness (QED) is 0.0852. The summed E-state index contributed by atoms with van der Waals surface area (Å²) in [5, 5.41) is 4.28. The summed E-state index contributed by atoms with van der Waals surface area (Å²) in [6.07, 6.45) is 16.2. The fourth-order valence-electron chi connectivity index (χ4n) is 9.94. The van der Waals surface area contributed by atoms with Crippen molar-refractivity contribution in [2.75, 3.05) is 0 Å². The molecule has 0 aliphatic heterocycles. The molecule has 0 saturated heterocycles. The van der Waals surface area contributed by atoms with Gasteiger partial charge in [0.2, 0.25) is 0 Å². The van der Waals surface area contributed by atoms with Gasteiger partial charge in [-0.2, -0.15) is 17.5 Å². The lowest BCUT2D eigenvalue weighted by Crippen LogP contribution is -2.31. The van der Waals surface area contributed by atoms with Crippen molar-refractivity contribution in [3.63, 3.8) is 0 Å². The summed E-state index contributed by atoms with van der Waals surface area (Å²) in [4.78, 5) is 23.2. The second kappa shape index (κ2) is 18.7. The van der Waals surface area contributed by atoms with E-state index < -0.39 is 0 Å². The van der Waals surface area contributed by atoms with Gasteiger partial charge in [-0.05, 0) is 95.1 Å². The summed E-state index contributed by atoms with van der Waals surface area (Å²) in [7, 11) is 0. The molecule has 0 saturated carbocycles. The van der Waals surface area contributed by atoms with Crippen LogP contribution in [0.3, 0.4) is 0 Å². The molecule has 0 radical (unpaired) electrons. The normalized spacial score (nSPS) is 14.2. The number of thiophene rings is 6. The van der Waals surface area contributed by atoms with Gasteiger partial charge in [-0.25, -0.2) is 0 Å². The zero-order chi connectivity index (χ0) is 44.1. The van der Waals surface area contributed by atoms with Gasteiger partial charge in [0.05, 0.1) is 33.2 Å². The molecule has 10 heterocycles. The van der Waals surface area contributed by atoms with Crippen LogP contribution in [0.15, 0.2) is 83.8 Å². The molecule has 1 aliphatic carbocycles. The van der Waals surface area contributed by atoms with Gasteiger partial charge in [0, 0.05) is 68.0 Å². The lowest BCUT2D eigenvalue weighted by Gasteiger charge is -2.37. The van der Waals surface area contributed by atoms with Crippen LogP contribution in [-0.4, -0.2) is 27.5 Å². The lowest BCUT2D eigenvalue weighted by atomic mass is 9.65. The minimum absolute atomic E-state index is 0.125. The number of rotatable bonds is 18. The Bertz CT molecular complexity index is 3000. The van der Waals surface area contributed by atoms with Crippen LogP contribution in [0.25, 0.3) is 93.4 Å². The fourth-order valence-corrected chi connectivity index (χ4v) is 17.4. The Labute approximate surface area is 412 Å². The van der Waals surface area contributed by atoms with Crippen LogP contribution in [0.1, 0.15) is 103 Å². The highest BCUT2D eigenvalue weighted by Gasteiger charge is 2.48. The van der Waals surface area contributed by atoms with E-state index in [-0.39, 0.29) is 5.41 Å². The maximum Gasteiger partial charge on any atom is 0.132 e. The van der Waals surface area contributed by atoms with E-state index in [2.05, 4.69) is 99.1 Å². The van der Waals surface area contributed by atoms with Crippen LogP contribution in [0, 0.1) is 11.8 Å². The molecule has 10 aromatic heterocycles. The second-order valence-corrected chi connectivity index (χ2v) is 24.5. The first kappa shape index (κ1) is 43.7. The van der Waals surface area contributed by atoms with Crippen LogP contribution in [-0.2, 0) is 5.41 Å². The van der Waals surface area contributed by atoms with Gasteiger partial charge in [-0.3, -0.25) is 9.97 Å². The average Bonchev–Trinajstić information content (AvgIpc) is 4.16. The minimum Gasteiger partial charge on any atom is -0.252 e. The molecule has 2 atom stereocenters. The van der Waals surface area contributed by atoms with Crippen LogP contribution in [0.4, 0.5) is 0 Å². The highest BCUT2D eigenvalue weighted by atomic mass is 32.1. The third-order valence-electron chi connectivity index (χ3n) is 13.4. The van der Waals surface area contributed by atoms with Crippen molar-refractivity contribution in [2.24, 2.45) is 11.8 Å². The molecule has 14 heteroatoms. The summed E-state index contributed by atoms with van der Waals surface area (Å²) in [6.45, 7) is 9.51. The zero-order valence-electron chi connectivity index (χ0n) is 36.8. The zero-order valence-corrected chi connectivity index (χ0v) is 43.3. The number of fused-ring (bicyclic) bond motifs is 5. The first-order valence-electron chi connectivity index (χ1n) is 22.8. The summed E-state index contributed by atoms with van der Waals surface area (Å²) in [5.41, 5.74) is 10.6. The Morgan fingerprint density at radius 1 is 0.492 bits per heavy atom. The Balaban J connectivity index is 1.05. The molecule has 0 N–H and O–H groups in total. The first-order chi connectivity index (χ1) is 32.0. The number of hydrogen-bond acceptors (Lipinski definition) is 14. The van der Waals surface area contributed by atoms with Gasteiger partial charge in [0.1, 0.15) is 33.5 Å². The fraction of sp³-hybridized carbons (Fsp3) is 0.333. The smallest absolute Gasteiger partial charge is 0.132 e. The highest BCUT2D eigenvalue weighted by Crippen LogP contribution is 2.63. The van der Waals surface area contributed by atoms with E-state index in [1.165, 1.54) is 135 Å². The van der Waals surface area contributed by atoms with Crippen molar-refractivity contribution in [1.82, 2.24) is 27.5 Å². The average molecular weight is 1000 g/mol. The molecule has 0 fully saturated rings. The summed E-state index contributed by atoms with van der Waals surface area (Å²) < 4.78 is 19.8. The van der Waals surface area contributed by atoms with E-state index in [9.17, 15) is 0 Å². The van der Waals surface area contributed by atoms with Gasteiger partial charge in [-0.1, -0.05) is 91.2 Å². The molecule has 11 rings (SSSR count). The Hall–Kier alpha value is -3.86. The maximum atomic E-state index is 5.28. The molecule has 1 aliphatic rings. The standard InChI is InChI=1S/C51H48N6S8/c1-5-9-13-29(7-3)25-51(26-30(8-4)14-10-6-2)33-23-41(45-47-43(54-64-56-47)31(27-52-45)35-17-19-39(60-35)37-15-11-21-58-37)62-49(33)50-34(51)24-42(63-50)46-48-44(55-65-57-48)32(28-53-46)36-18-20-40(61-36)38-16-12-22-59-38/h11-12,15-24,27-30H,5-10,13-14,25-26H2,1-4H3. The lowest BCUT2D eigenvalue weighted by molar-refractivity contribution is 0.266. The van der Waals surface area contributed by atoms with Crippen molar-refractivity contribution in [3.8, 4) is 71.3 Å². The predicted octanol–water partition coefficient (Wildman–Crippen LogP) is 18.3. The molecule has 2 unspecified atom stereocenters. The van der Waals surface area contributed by atoms with Gasteiger partial charge in [0.25, 0.3) is 0 Å². The Kier molecular flexibility index (Phi) is 12.6. The number of hydrogen-bond donors (Lipinski definition) is 0. The van der Waals surface area contributed by atoms with Crippen molar-refractivity contribution in [1.29, 1.82) is 0 Å². The summed E-state index contributed by atoms with van der Waals surface area (Å²) in [6, 6.07) is 22.6. The van der Waals surface area contributed by atoms with Crippen LogP contribution >= 0.6 is 91.5 Å². The topological polar surface area (TPSA) is 77.3 Å². The second-order valence-electron chi connectivity index (χ2n) is 17.3. The molecule has 65 heavy (non-hydrogen) atoms. The van der Waals surface area contributed by atoms with E-state index in [4.69, 9.17) is 27.5 Å². The molecule has 10 aromatic rings. The molecule has 330 valence electrons. The van der Waals surface area contributed by atoms with Crippen LogP contribution < -0.4 is 0 Å². The van der Waals surface area contributed by atoms with E-state index in [1.807, 2.05) is 35.1 Å². The number of unbranched alkanes of at least 4 members (excludes halogenated alkanes) is 2. The van der Waals surface area contributed by atoms with Gasteiger partial charge in [0.15, 0.2) is 0 Å². The van der Waals surface area contributed by atoms with Gasteiger partial charge in [-0.15, -0.1) is 68.0 Å². The van der Waals surface area contributed by atoms with E-state index in [0.717, 1.165) is 57.4 Å². The summed E-state index contributed by atoms with van der Waals surface area (Å²) in [5.74, 6) is 1.25. The van der Waals surface area contributed by atoms with E-state index in [1.54, 1.807) is 45.3 Å². The third-order valence-corrected chi connectivity index (χ3v) is 21.3. The third kappa shape index (κ3) is 7.93. The molecule has 0 bridgehead atoms. The Morgan fingerprint density at radius 3 is 1.35 bits per heavy atom. The van der Waals surface area contributed by atoms with E-state index >= 15 is 0 Å². The molecule has 6 nitrogen and oxygen atoms in total. The molecule has 0 aromatic carbocycles. The van der Waals surface area contributed by atoms with Gasteiger partial charge < -0.3 is 0 Å².